The molecule has 0 saturated heterocycles. The fraction of sp³-hybridized carbons (Fsp3) is 0.194. The first-order chi connectivity index (χ1) is 21.7. The first kappa shape index (κ1) is 32.2. The van der Waals surface area contributed by atoms with Crippen LogP contribution in [0.25, 0.3) is 0 Å². The van der Waals surface area contributed by atoms with Crippen LogP contribution in [0.1, 0.15) is 29.3 Å². The first-order valence-corrected chi connectivity index (χ1v) is 14.3. The molecule has 230 valence electrons. The predicted molar refractivity (Wildman–Crippen MR) is 174 cm³/mol. The van der Waals surface area contributed by atoms with Crippen molar-refractivity contribution in [2.45, 2.75) is 19.9 Å². The molecule has 0 bridgehead atoms. The van der Waals surface area contributed by atoms with E-state index in [-0.39, 0.29) is 53.5 Å². The number of para-hydroxylation sites is 1. The number of aromatic nitrogens is 2. The van der Waals surface area contributed by atoms with Gasteiger partial charge in [0.2, 0.25) is 5.95 Å². The maximum atomic E-state index is 12.2. The topological polar surface area (TPSA) is 190 Å². The number of carbonyl (C=O) groups is 2. The van der Waals surface area contributed by atoms with E-state index in [1.165, 1.54) is 12.3 Å². The second-order valence-corrected chi connectivity index (χ2v) is 9.95. The van der Waals surface area contributed by atoms with Crippen molar-refractivity contribution < 1.29 is 9.59 Å². The summed E-state index contributed by atoms with van der Waals surface area (Å²) in [7, 11) is 1.55. The van der Waals surface area contributed by atoms with Crippen molar-refractivity contribution in [2.24, 2.45) is 0 Å². The Bertz CT molecular complexity index is 1840. The lowest BCUT2D eigenvalue weighted by molar-refractivity contribution is -0.117. The van der Waals surface area contributed by atoms with Crippen molar-refractivity contribution in [1.82, 2.24) is 20.6 Å². The van der Waals surface area contributed by atoms with E-state index in [4.69, 9.17) is 16.9 Å². The van der Waals surface area contributed by atoms with E-state index in [0.29, 0.717) is 29.2 Å². The molecule has 6 N–H and O–H groups in total. The highest BCUT2D eigenvalue weighted by molar-refractivity contribution is 6.33. The van der Waals surface area contributed by atoms with E-state index in [1.54, 1.807) is 43.4 Å². The minimum absolute atomic E-state index is 0.0262. The summed E-state index contributed by atoms with van der Waals surface area (Å²) in [4.78, 5) is 57.1. The number of nitrogens with one attached hydrogen (secondary N) is 6. The van der Waals surface area contributed by atoms with E-state index >= 15 is 0 Å². The van der Waals surface area contributed by atoms with Crippen molar-refractivity contribution in [3.05, 3.63) is 103 Å². The van der Waals surface area contributed by atoms with Crippen LogP contribution in [0.3, 0.4) is 0 Å². The largest absolute Gasteiger partial charge is 0.378 e. The van der Waals surface area contributed by atoms with Gasteiger partial charge in [0.15, 0.2) is 5.82 Å². The molecule has 13 nitrogen and oxygen atoms in total. The molecule has 0 aliphatic carbocycles. The Kier molecular flexibility index (Phi) is 10.8. The molecular weight excluding hydrogens is 598 g/mol. The number of hydrogen-bond donors (Lipinski definition) is 6. The maximum absolute atomic E-state index is 12.2. The van der Waals surface area contributed by atoms with Gasteiger partial charge in [0.1, 0.15) is 28.0 Å². The second kappa shape index (κ2) is 15.1. The average molecular weight is 628 g/mol. The van der Waals surface area contributed by atoms with E-state index in [1.807, 2.05) is 25.1 Å². The zero-order valence-electron chi connectivity index (χ0n) is 24.5. The number of halogens is 1. The lowest BCUT2D eigenvalue weighted by atomic mass is 10.1. The molecule has 4 aromatic rings. The molecule has 4 rings (SSSR count). The van der Waals surface area contributed by atoms with Crippen LogP contribution in [-0.2, 0) is 11.3 Å². The van der Waals surface area contributed by atoms with Crippen LogP contribution in [0.15, 0.2) is 76.0 Å². The van der Waals surface area contributed by atoms with Crippen LogP contribution >= 0.6 is 11.6 Å². The van der Waals surface area contributed by atoms with E-state index in [9.17, 15) is 19.2 Å². The average Bonchev–Trinajstić information content (AvgIpc) is 3.06. The number of rotatable bonds is 14. The molecule has 0 atom stereocenters. The van der Waals surface area contributed by atoms with E-state index in [0.717, 1.165) is 5.56 Å². The summed E-state index contributed by atoms with van der Waals surface area (Å²) in [5.74, 6) is -0.173. The summed E-state index contributed by atoms with van der Waals surface area (Å²) >= 11 is 6.31. The number of anilines is 6. The third-order valence-corrected chi connectivity index (χ3v) is 6.75. The molecule has 0 spiro atoms. The second-order valence-electron chi connectivity index (χ2n) is 9.54. The number of benzene rings is 2. The van der Waals surface area contributed by atoms with Gasteiger partial charge in [-0.1, -0.05) is 48.9 Å². The molecular formula is C31H30ClN9O4. The summed E-state index contributed by atoms with van der Waals surface area (Å²) in [6.45, 7) is 2.45. The van der Waals surface area contributed by atoms with Crippen molar-refractivity contribution >= 4 is 57.9 Å². The monoisotopic (exact) mass is 627 g/mol. The lowest BCUT2D eigenvalue weighted by Crippen LogP contribution is -2.39. The van der Waals surface area contributed by atoms with Gasteiger partial charge in [-0.15, -0.1) is 0 Å². The van der Waals surface area contributed by atoms with Crippen LogP contribution in [0.2, 0.25) is 5.02 Å². The molecule has 3 aromatic carbocycles. The quantitative estimate of drug-likeness (QED) is 0.0518. The third kappa shape index (κ3) is 8.01. The SMILES string of the molecule is CC/C=C(\C#N)C(=O)NCCNc1c(NCc2ccc(Nc3ncc(Cl)c(Nc4ccccc4C(=O)NC)n3)cc2)c(=O)c1=O. The van der Waals surface area contributed by atoms with Crippen molar-refractivity contribution in [2.75, 3.05) is 41.4 Å². The Morgan fingerprint density at radius 2 is 1.69 bits per heavy atom. The Labute approximate surface area is 263 Å². The van der Waals surface area contributed by atoms with Crippen molar-refractivity contribution in [3.8, 4) is 6.07 Å². The van der Waals surface area contributed by atoms with Crippen molar-refractivity contribution in [1.29, 1.82) is 5.26 Å². The van der Waals surface area contributed by atoms with Gasteiger partial charge in [0, 0.05) is 32.4 Å². The molecule has 1 heterocycles. The molecule has 0 radical (unpaired) electrons. The summed E-state index contributed by atoms with van der Waals surface area (Å²) in [5.41, 5.74) is 1.57. The Morgan fingerprint density at radius 1 is 0.978 bits per heavy atom. The van der Waals surface area contributed by atoms with Crippen LogP contribution in [0, 0.1) is 11.3 Å². The van der Waals surface area contributed by atoms with E-state index < -0.39 is 16.8 Å². The minimum Gasteiger partial charge on any atom is -0.378 e. The Balaban J connectivity index is 1.33. The molecule has 0 aliphatic rings. The minimum atomic E-state index is -0.638. The fourth-order valence-corrected chi connectivity index (χ4v) is 4.31. The van der Waals surface area contributed by atoms with Gasteiger partial charge in [0.05, 0.1) is 17.4 Å². The number of allylic oxidation sites excluding steroid dienone is 1. The van der Waals surface area contributed by atoms with E-state index in [2.05, 4.69) is 41.9 Å². The first-order valence-electron chi connectivity index (χ1n) is 13.9. The van der Waals surface area contributed by atoms with Gasteiger partial charge in [-0.2, -0.15) is 10.2 Å². The highest BCUT2D eigenvalue weighted by Crippen LogP contribution is 2.27. The van der Waals surface area contributed by atoms with Gasteiger partial charge in [-0.05, 0) is 36.2 Å². The number of hydrogen-bond acceptors (Lipinski definition) is 11. The molecule has 0 fully saturated rings. The number of nitriles is 1. The standard InChI is InChI=1S/C31H30ClN9O4/c1-3-6-19(15-33)29(44)36-14-13-35-24-25(27(43)26(24)42)37-16-18-9-11-20(12-10-18)39-31-38-17-22(32)28(41-31)40-23-8-5-4-7-21(23)30(45)34-2/h4-12,17,35,37H,3,13-14,16H2,1-2H3,(H,34,45)(H,36,44)(H2,38,39,40,41)/b19-6+. The van der Waals surface area contributed by atoms with Gasteiger partial charge in [-0.3, -0.25) is 19.2 Å². The predicted octanol–water partition coefficient (Wildman–Crippen LogP) is 3.57. The fourth-order valence-electron chi connectivity index (χ4n) is 4.17. The van der Waals surface area contributed by atoms with Gasteiger partial charge in [0.25, 0.3) is 22.7 Å². The summed E-state index contributed by atoms with van der Waals surface area (Å²) in [5, 5.41) is 26.5. The zero-order chi connectivity index (χ0) is 32.3. The van der Waals surface area contributed by atoms with Gasteiger partial charge >= 0.3 is 0 Å². The number of carbonyl (C=O) groups excluding carboxylic acids is 2. The van der Waals surface area contributed by atoms with Crippen LogP contribution in [-0.4, -0.2) is 41.9 Å². The molecule has 1 aromatic heterocycles. The molecule has 2 amide bonds. The molecule has 0 unspecified atom stereocenters. The van der Waals surface area contributed by atoms with Gasteiger partial charge < -0.3 is 31.9 Å². The normalized spacial score (nSPS) is 10.9. The summed E-state index contributed by atoms with van der Waals surface area (Å²) in [6.07, 6.45) is 3.53. The van der Waals surface area contributed by atoms with Crippen molar-refractivity contribution in [3.63, 3.8) is 0 Å². The maximum Gasteiger partial charge on any atom is 0.261 e. The molecule has 45 heavy (non-hydrogen) atoms. The Morgan fingerprint density at radius 3 is 2.38 bits per heavy atom. The molecule has 0 aliphatic heterocycles. The van der Waals surface area contributed by atoms with Crippen LogP contribution < -0.4 is 42.8 Å². The molecule has 14 heteroatoms. The summed E-state index contributed by atoms with van der Waals surface area (Å²) < 4.78 is 0. The molecule has 0 saturated carbocycles. The zero-order valence-corrected chi connectivity index (χ0v) is 25.2. The number of nitrogens with zero attached hydrogens (tertiary/aromatic N) is 3. The summed E-state index contributed by atoms with van der Waals surface area (Å²) in [6, 6.07) is 16.1. The third-order valence-electron chi connectivity index (χ3n) is 6.47. The lowest BCUT2D eigenvalue weighted by Gasteiger charge is -2.15. The van der Waals surface area contributed by atoms with Crippen LogP contribution in [0.5, 0.6) is 0 Å². The number of amides is 2. The highest BCUT2D eigenvalue weighted by Gasteiger charge is 2.20. The van der Waals surface area contributed by atoms with Crippen LogP contribution in [0.4, 0.5) is 34.5 Å². The highest BCUT2D eigenvalue weighted by atomic mass is 35.5. The Hall–Kier alpha value is -5.74. The van der Waals surface area contributed by atoms with Gasteiger partial charge in [-0.25, -0.2) is 4.98 Å². The smallest absolute Gasteiger partial charge is 0.261 e.